The highest BCUT2D eigenvalue weighted by Crippen LogP contribution is 2.36. The topological polar surface area (TPSA) is 49.7 Å². The first-order chi connectivity index (χ1) is 8.91. The zero-order chi connectivity index (χ0) is 13.8. The number of fused-ring (bicyclic) bond motifs is 2. The molecule has 0 amide bonds. The van der Waals surface area contributed by atoms with Crippen molar-refractivity contribution in [3.05, 3.63) is 40.0 Å². The third-order valence-corrected chi connectivity index (χ3v) is 8.28. The van der Waals surface area contributed by atoms with Crippen LogP contribution in [0.25, 0.3) is 0 Å². The van der Waals surface area contributed by atoms with Gasteiger partial charge in [0.05, 0.1) is 15.9 Å². The molecule has 3 nitrogen and oxygen atoms in total. The molecule has 0 bridgehead atoms. The molecular formula is C14H12BrNO2Si. The summed E-state index contributed by atoms with van der Waals surface area (Å²) in [6.07, 6.45) is 5.02. The molecule has 1 aromatic rings. The maximum absolute atomic E-state index is 11.6. The largest absolute Gasteiger partial charge is 0.507 e. The van der Waals surface area contributed by atoms with Gasteiger partial charge < -0.3 is 5.11 Å². The van der Waals surface area contributed by atoms with E-state index in [4.69, 9.17) is 0 Å². The number of hydrogen-bond acceptors (Lipinski definition) is 3. The highest BCUT2D eigenvalue weighted by molar-refractivity contribution is 9.10. The number of rotatable bonds is 0. The second-order valence-corrected chi connectivity index (χ2v) is 10.3. The fourth-order valence-electron chi connectivity index (χ4n) is 2.62. The lowest BCUT2D eigenvalue weighted by molar-refractivity contribution is -0.110. The minimum atomic E-state index is -2.04. The minimum absolute atomic E-state index is 0.00857. The molecule has 5 heteroatoms. The van der Waals surface area contributed by atoms with E-state index >= 15 is 0 Å². The molecule has 1 aliphatic carbocycles. The first-order valence-electron chi connectivity index (χ1n) is 5.96. The molecule has 1 aromatic carbocycles. The lowest BCUT2D eigenvalue weighted by Crippen LogP contribution is -2.50. The Kier molecular flexibility index (Phi) is 2.65. The lowest BCUT2D eigenvalue weighted by atomic mass is 10.1. The van der Waals surface area contributed by atoms with Crippen LogP contribution in [-0.2, 0) is 4.79 Å². The van der Waals surface area contributed by atoms with Gasteiger partial charge >= 0.3 is 0 Å². The number of benzene rings is 1. The van der Waals surface area contributed by atoms with Gasteiger partial charge in [0.25, 0.3) is 0 Å². The zero-order valence-electron chi connectivity index (χ0n) is 10.6. The van der Waals surface area contributed by atoms with Crippen molar-refractivity contribution in [1.29, 1.82) is 0 Å². The summed E-state index contributed by atoms with van der Waals surface area (Å²) < 4.78 is 0.701. The Balaban J connectivity index is 2.36. The van der Waals surface area contributed by atoms with Gasteiger partial charge in [-0.05, 0) is 56.7 Å². The number of hydrogen-bond donors (Lipinski definition) is 1. The first-order valence-corrected chi connectivity index (χ1v) is 9.76. The van der Waals surface area contributed by atoms with E-state index in [0.29, 0.717) is 4.47 Å². The second kappa shape index (κ2) is 4.01. The molecule has 1 aliphatic heterocycles. The van der Waals surface area contributed by atoms with Crippen LogP contribution < -0.4 is 5.19 Å². The molecule has 0 saturated heterocycles. The van der Waals surface area contributed by atoms with E-state index in [1.54, 1.807) is 24.3 Å². The highest BCUT2D eigenvalue weighted by Gasteiger charge is 2.39. The Bertz CT molecular complexity index is 702. The summed E-state index contributed by atoms with van der Waals surface area (Å²) in [5, 5.41) is 12.0. The number of phenols is 1. The molecule has 3 rings (SSSR count). The normalized spacial score (nSPS) is 19.4. The Morgan fingerprint density at radius 3 is 2.74 bits per heavy atom. The van der Waals surface area contributed by atoms with Crippen molar-refractivity contribution in [2.24, 2.45) is 4.99 Å². The van der Waals surface area contributed by atoms with E-state index in [2.05, 4.69) is 34.0 Å². The molecule has 96 valence electrons. The number of nitrogens with zero attached hydrogens (tertiary/aromatic N) is 1. The Hall–Kier alpha value is -1.46. The average Bonchev–Trinajstić information content (AvgIpc) is 2.35. The van der Waals surface area contributed by atoms with E-state index in [9.17, 15) is 9.90 Å². The first kappa shape index (κ1) is 12.6. The Morgan fingerprint density at radius 1 is 1.26 bits per heavy atom. The van der Waals surface area contributed by atoms with Gasteiger partial charge in [-0.2, -0.15) is 0 Å². The predicted molar refractivity (Wildman–Crippen MR) is 82.2 cm³/mol. The van der Waals surface area contributed by atoms with E-state index in [1.165, 1.54) is 0 Å². The van der Waals surface area contributed by atoms with Crippen molar-refractivity contribution in [3.63, 3.8) is 0 Å². The fourth-order valence-corrected chi connectivity index (χ4v) is 7.45. The molecule has 2 aliphatic rings. The number of carbonyl (C=O) groups excluding carboxylic acids is 1. The lowest BCUT2D eigenvalue weighted by Gasteiger charge is -2.33. The number of carbonyl (C=O) groups is 1. The van der Waals surface area contributed by atoms with Crippen LogP contribution in [0.1, 0.15) is 0 Å². The van der Waals surface area contributed by atoms with Gasteiger partial charge in [0, 0.05) is 0 Å². The van der Waals surface area contributed by atoms with Crippen LogP contribution in [0.4, 0.5) is 5.69 Å². The van der Waals surface area contributed by atoms with Crippen molar-refractivity contribution >= 4 is 46.4 Å². The van der Waals surface area contributed by atoms with Gasteiger partial charge in [0.15, 0.2) is 5.78 Å². The smallest absolute Gasteiger partial charge is 0.178 e. The van der Waals surface area contributed by atoms with Crippen LogP contribution in [0.15, 0.2) is 45.0 Å². The number of phenolic OH excluding ortho intramolecular Hbond substituents is 1. The van der Waals surface area contributed by atoms with Gasteiger partial charge in [-0.25, -0.2) is 4.99 Å². The van der Waals surface area contributed by atoms with Crippen molar-refractivity contribution in [2.45, 2.75) is 13.1 Å². The summed E-state index contributed by atoms with van der Waals surface area (Å²) in [5.74, 6) is 0.227. The molecule has 0 fully saturated rings. The summed E-state index contributed by atoms with van der Waals surface area (Å²) in [5.41, 5.74) is 1.76. The zero-order valence-corrected chi connectivity index (χ0v) is 13.2. The third-order valence-electron chi connectivity index (χ3n) is 3.61. The molecule has 0 aromatic heterocycles. The van der Waals surface area contributed by atoms with Gasteiger partial charge in [0.1, 0.15) is 13.8 Å². The molecular weight excluding hydrogens is 322 g/mol. The van der Waals surface area contributed by atoms with Crippen LogP contribution in [-0.4, -0.2) is 24.7 Å². The molecule has 19 heavy (non-hydrogen) atoms. The van der Waals surface area contributed by atoms with Crippen LogP contribution in [0.5, 0.6) is 5.75 Å². The molecule has 0 saturated carbocycles. The van der Waals surface area contributed by atoms with Crippen molar-refractivity contribution in [2.75, 3.05) is 0 Å². The highest BCUT2D eigenvalue weighted by atomic mass is 79.9. The van der Waals surface area contributed by atoms with Crippen molar-refractivity contribution in [1.82, 2.24) is 0 Å². The number of allylic oxidation sites excluding steroid dienone is 4. The maximum atomic E-state index is 11.6. The van der Waals surface area contributed by atoms with E-state index in [0.717, 1.165) is 21.8 Å². The maximum Gasteiger partial charge on any atom is 0.178 e. The monoisotopic (exact) mass is 333 g/mol. The van der Waals surface area contributed by atoms with E-state index < -0.39 is 8.07 Å². The minimum Gasteiger partial charge on any atom is -0.507 e. The second-order valence-electron chi connectivity index (χ2n) is 5.21. The molecule has 0 radical (unpaired) electrons. The number of aromatic hydroxyl groups is 1. The Morgan fingerprint density at radius 2 is 2.00 bits per heavy atom. The standard InChI is InChI=1S/C14H12BrNO2Si/c1-19(2)12-7-8(17)3-4-9(12)16-10-5-6-11(18)13(15)14(10)19/h3-7,18H,1-2H3. The van der Waals surface area contributed by atoms with E-state index in [-0.39, 0.29) is 11.5 Å². The SMILES string of the molecule is C[Si]1(C)C2=CC(=O)C=CC2=Nc2ccc(O)c(Br)c21. The predicted octanol–water partition coefficient (Wildman–Crippen LogP) is 2.76. The van der Waals surface area contributed by atoms with Crippen LogP contribution in [0, 0.1) is 0 Å². The fraction of sp³-hybridized carbons (Fsp3) is 0.143. The number of halogens is 1. The van der Waals surface area contributed by atoms with Crippen molar-refractivity contribution < 1.29 is 9.90 Å². The molecule has 0 spiro atoms. The van der Waals surface area contributed by atoms with Crippen LogP contribution >= 0.6 is 15.9 Å². The van der Waals surface area contributed by atoms with Crippen LogP contribution in [0.3, 0.4) is 0 Å². The van der Waals surface area contributed by atoms with Gasteiger partial charge in [-0.1, -0.05) is 13.1 Å². The summed E-state index contributed by atoms with van der Waals surface area (Å²) in [6, 6.07) is 3.47. The Labute approximate surface area is 120 Å². The summed E-state index contributed by atoms with van der Waals surface area (Å²) >= 11 is 3.46. The molecule has 1 heterocycles. The molecule has 0 atom stereocenters. The molecule has 0 unspecified atom stereocenters. The molecule has 1 N–H and O–H groups in total. The summed E-state index contributed by atoms with van der Waals surface area (Å²) in [7, 11) is -2.04. The van der Waals surface area contributed by atoms with Gasteiger partial charge in [0.2, 0.25) is 0 Å². The van der Waals surface area contributed by atoms with Gasteiger partial charge in [-0.3, -0.25) is 4.79 Å². The van der Waals surface area contributed by atoms with E-state index in [1.807, 2.05) is 6.07 Å². The van der Waals surface area contributed by atoms with Crippen LogP contribution in [0.2, 0.25) is 13.1 Å². The van der Waals surface area contributed by atoms with Crippen molar-refractivity contribution in [3.8, 4) is 5.75 Å². The summed E-state index contributed by atoms with van der Waals surface area (Å²) in [4.78, 5) is 16.2. The number of aliphatic imine (C=N–C) groups is 1. The summed E-state index contributed by atoms with van der Waals surface area (Å²) in [6.45, 7) is 4.34. The number of ketones is 1. The average molecular weight is 334 g/mol. The quantitative estimate of drug-likeness (QED) is 0.586. The third kappa shape index (κ3) is 1.76. The van der Waals surface area contributed by atoms with Gasteiger partial charge in [-0.15, -0.1) is 0 Å².